The van der Waals surface area contributed by atoms with Crippen molar-refractivity contribution >= 4 is 0 Å². The number of rotatable bonds is 8. The van der Waals surface area contributed by atoms with Crippen LogP contribution in [0.1, 0.15) is 45.9 Å². The highest BCUT2D eigenvalue weighted by Crippen LogP contribution is 2.17. The van der Waals surface area contributed by atoms with Crippen LogP contribution in [0.2, 0.25) is 0 Å². The molecule has 0 fully saturated rings. The molecule has 1 rings (SSSR count). The smallest absolute Gasteiger partial charge is 0.108 e. The van der Waals surface area contributed by atoms with Gasteiger partial charge in [0.05, 0.1) is 6.07 Å². The maximum atomic E-state index is 9.33. The van der Waals surface area contributed by atoms with Gasteiger partial charge in [0.1, 0.15) is 11.4 Å². The quantitative estimate of drug-likeness (QED) is 0.769. The Hall–Kier alpha value is -1.34. The van der Waals surface area contributed by atoms with Crippen LogP contribution >= 0.6 is 0 Å². The van der Waals surface area contributed by atoms with Crippen molar-refractivity contribution in [1.29, 1.82) is 5.26 Å². The third kappa shape index (κ3) is 3.58. The molecular weight excluding hydrogens is 224 g/mol. The topological polar surface area (TPSA) is 53.6 Å². The maximum Gasteiger partial charge on any atom is 0.108 e. The molecule has 4 heteroatoms. The van der Waals surface area contributed by atoms with E-state index in [4.69, 9.17) is 0 Å². The first-order valence-electron chi connectivity index (χ1n) is 6.87. The Morgan fingerprint density at radius 2 is 2.22 bits per heavy atom. The highest BCUT2D eigenvalue weighted by atomic mass is 15.1. The Labute approximate surface area is 110 Å². The lowest BCUT2D eigenvalue weighted by Crippen LogP contribution is -2.43. The van der Waals surface area contributed by atoms with Crippen molar-refractivity contribution < 1.29 is 0 Å². The zero-order valence-electron chi connectivity index (χ0n) is 11.7. The minimum absolute atomic E-state index is 0.359. The second-order valence-corrected chi connectivity index (χ2v) is 4.57. The van der Waals surface area contributed by atoms with E-state index in [9.17, 15) is 5.26 Å². The molecule has 0 bridgehead atoms. The van der Waals surface area contributed by atoms with Gasteiger partial charge in [-0.2, -0.15) is 5.26 Å². The van der Waals surface area contributed by atoms with Crippen molar-refractivity contribution in [2.45, 2.75) is 58.5 Å². The van der Waals surface area contributed by atoms with Crippen LogP contribution in [0.5, 0.6) is 0 Å². The second kappa shape index (κ2) is 7.17. The van der Waals surface area contributed by atoms with E-state index < -0.39 is 0 Å². The minimum Gasteiger partial charge on any atom is -0.335 e. The molecule has 100 valence electrons. The van der Waals surface area contributed by atoms with Gasteiger partial charge in [-0.05, 0) is 25.8 Å². The molecule has 0 saturated carbocycles. The average molecular weight is 248 g/mol. The van der Waals surface area contributed by atoms with E-state index in [0.29, 0.717) is 0 Å². The van der Waals surface area contributed by atoms with Gasteiger partial charge in [0, 0.05) is 25.4 Å². The number of nitriles is 1. The summed E-state index contributed by atoms with van der Waals surface area (Å²) < 4.78 is 2.18. The lowest BCUT2D eigenvalue weighted by atomic mass is 9.92. The van der Waals surface area contributed by atoms with Crippen LogP contribution in [0, 0.1) is 11.3 Å². The lowest BCUT2D eigenvalue weighted by Gasteiger charge is -2.26. The van der Waals surface area contributed by atoms with Crippen LogP contribution in [0.4, 0.5) is 0 Å². The minimum atomic E-state index is -0.359. The van der Waals surface area contributed by atoms with Crippen LogP contribution < -0.4 is 5.32 Å². The Bertz CT molecular complexity index is 391. The van der Waals surface area contributed by atoms with Crippen LogP contribution in [-0.4, -0.2) is 21.6 Å². The van der Waals surface area contributed by atoms with Crippen molar-refractivity contribution in [3.05, 3.63) is 18.2 Å². The summed E-state index contributed by atoms with van der Waals surface area (Å²) in [5, 5.41) is 12.7. The first kappa shape index (κ1) is 14.7. The molecule has 0 aliphatic rings. The monoisotopic (exact) mass is 248 g/mol. The highest BCUT2D eigenvalue weighted by molar-refractivity contribution is 5.06. The predicted octanol–water partition coefficient (Wildman–Crippen LogP) is 2.51. The molecule has 4 nitrogen and oxygen atoms in total. The van der Waals surface area contributed by atoms with E-state index >= 15 is 0 Å². The van der Waals surface area contributed by atoms with Gasteiger partial charge in [0.15, 0.2) is 0 Å². The summed E-state index contributed by atoms with van der Waals surface area (Å²) in [6, 6.07) is 2.44. The summed E-state index contributed by atoms with van der Waals surface area (Å²) in [6.07, 6.45) is 7.55. The van der Waals surface area contributed by atoms with Gasteiger partial charge in [-0.25, -0.2) is 4.98 Å². The molecule has 0 aliphatic carbocycles. The number of imidazole rings is 1. The van der Waals surface area contributed by atoms with Gasteiger partial charge in [0.25, 0.3) is 0 Å². The number of hydrogen-bond acceptors (Lipinski definition) is 3. The van der Waals surface area contributed by atoms with E-state index in [-0.39, 0.29) is 5.54 Å². The van der Waals surface area contributed by atoms with E-state index in [1.165, 1.54) is 0 Å². The van der Waals surface area contributed by atoms with E-state index in [2.05, 4.69) is 34.8 Å². The lowest BCUT2D eigenvalue weighted by molar-refractivity contribution is 0.361. The Morgan fingerprint density at radius 1 is 1.44 bits per heavy atom. The average Bonchev–Trinajstić information content (AvgIpc) is 2.85. The first-order chi connectivity index (χ1) is 8.71. The molecule has 0 amide bonds. The number of nitrogens with zero attached hydrogens (tertiary/aromatic N) is 3. The highest BCUT2D eigenvalue weighted by Gasteiger charge is 2.25. The fourth-order valence-corrected chi connectivity index (χ4v) is 2.31. The van der Waals surface area contributed by atoms with Crippen LogP contribution in [0.25, 0.3) is 0 Å². The zero-order chi connectivity index (χ0) is 13.4. The van der Waals surface area contributed by atoms with E-state index in [0.717, 1.165) is 44.6 Å². The standard InChI is InChI=1S/C14H24N4/c1-4-13-16-9-11-18(13)10-7-8-14(5-2,12-15)17-6-3/h9,11,17H,4-8,10H2,1-3H3. The summed E-state index contributed by atoms with van der Waals surface area (Å²) in [4.78, 5) is 4.31. The second-order valence-electron chi connectivity index (χ2n) is 4.57. The van der Waals surface area contributed by atoms with Crippen molar-refractivity contribution in [2.75, 3.05) is 6.54 Å². The van der Waals surface area contributed by atoms with Crippen molar-refractivity contribution in [3.8, 4) is 6.07 Å². The van der Waals surface area contributed by atoms with Gasteiger partial charge in [-0.1, -0.05) is 20.8 Å². The van der Waals surface area contributed by atoms with E-state index in [1.807, 2.05) is 19.3 Å². The third-order valence-electron chi connectivity index (χ3n) is 3.45. The van der Waals surface area contributed by atoms with Crippen LogP contribution in [0.15, 0.2) is 12.4 Å². The summed E-state index contributed by atoms with van der Waals surface area (Å²) >= 11 is 0. The molecule has 1 N–H and O–H groups in total. The van der Waals surface area contributed by atoms with Crippen molar-refractivity contribution in [2.24, 2.45) is 0 Å². The summed E-state index contributed by atoms with van der Waals surface area (Å²) in [5.74, 6) is 1.12. The largest absolute Gasteiger partial charge is 0.335 e. The number of aromatic nitrogens is 2. The van der Waals surface area contributed by atoms with Gasteiger partial charge in [0.2, 0.25) is 0 Å². The molecule has 1 unspecified atom stereocenters. The van der Waals surface area contributed by atoms with Crippen LogP contribution in [-0.2, 0) is 13.0 Å². The van der Waals surface area contributed by atoms with Crippen molar-refractivity contribution in [3.63, 3.8) is 0 Å². The summed E-state index contributed by atoms with van der Waals surface area (Å²) in [6.45, 7) is 8.02. The molecule has 0 spiro atoms. The molecule has 1 aromatic heterocycles. The first-order valence-corrected chi connectivity index (χ1v) is 6.87. The number of aryl methyl sites for hydroxylation is 2. The molecule has 1 atom stereocenters. The maximum absolute atomic E-state index is 9.33. The molecule has 18 heavy (non-hydrogen) atoms. The van der Waals surface area contributed by atoms with Crippen molar-refractivity contribution in [1.82, 2.24) is 14.9 Å². The molecule has 1 heterocycles. The van der Waals surface area contributed by atoms with Gasteiger partial charge < -0.3 is 4.57 Å². The zero-order valence-corrected chi connectivity index (χ0v) is 11.7. The fourth-order valence-electron chi connectivity index (χ4n) is 2.31. The SMILES string of the molecule is CCNC(C#N)(CC)CCCn1ccnc1CC. The predicted molar refractivity (Wildman–Crippen MR) is 73.2 cm³/mol. The third-order valence-corrected chi connectivity index (χ3v) is 3.45. The normalized spacial score (nSPS) is 14.1. The van der Waals surface area contributed by atoms with Gasteiger partial charge in [-0.3, -0.25) is 5.32 Å². The van der Waals surface area contributed by atoms with E-state index in [1.54, 1.807) is 0 Å². The summed E-state index contributed by atoms with van der Waals surface area (Å²) in [5.41, 5.74) is -0.359. The molecule has 0 radical (unpaired) electrons. The van der Waals surface area contributed by atoms with Gasteiger partial charge >= 0.3 is 0 Å². The molecule has 0 aromatic carbocycles. The number of hydrogen-bond donors (Lipinski definition) is 1. The molecule has 0 saturated heterocycles. The Balaban J connectivity index is 2.52. The Morgan fingerprint density at radius 3 is 2.78 bits per heavy atom. The number of nitrogens with one attached hydrogen (secondary N) is 1. The Kier molecular flexibility index (Phi) is 5.87. The van der Waals surface area contributed by atoms with Gasteiger partial charge in [-0.15, -0.1) is 0 Å². The van der Waals surface area contributed by atoms with Crippen LogP contribution in [0.3, 0.4) is 0 Å². The molecule has 1 aromatic rings. The summed E-state index contributed by atoms with van der Waals surface area (Å²) in [7, 11) is 0. The molecular formula is C14H24N4. The fraction of sp³-hybridized carbons (Fsp3) is 0.714. The molecule has 0 aliphatic heterocycles.